The van der Waals surface area contributed by atoms with E-state index in [1.54, 1.807) is 11.8 Å². The fourth-order valence-corrected chi connectivity index (χ4v) is 2.57. The first-order valence-corrected chi connectivity index (χ1v) is 7.64. The minimum absolute atomic E-state index is 0.529. The minimum atomic E-state index is 0.529. The number of halogens is 1. The highest BCUT2D eigenvalue weighted by Crippen LogP contribution is 2.33. The monoisotopic (exact) mass is 372 g/mol. The predicted molar refractivity (Wildman–Crippen MR) is 87.1 cm³/mol. The van der Waals surface area contributed by atoms with Crippen LogP contribution in [0.15, 0.2) is 16.6 Å². The Morgan fingerprint density at radius 1 is 1.43 bits per heavy atom. The second-order valence-corrected chi connectivity index (χ2v) is 5.51. The molecule has 0 aliphatic carbocycles. The molecular weight excluding hydrogens is 356 g/mol. The molecule has 1 aromatic carbocycles. The summed E-state index contributed by atoms with van der Waals surface area (Å²) in [4.78, 5) is 0. The molecule has 0 bridgehead atoms. The number of nitrogens with one attached hydrogen (secondary N) is 2. The van der Waals surface area contributed by atoms with Crippen LogP contribution in [0.1, 0.15) is 18.3 Å². The quantitative estimate of drug-likeness (QED) is 0.762. The number of ether oxygens (including phenoxy) is 2. The molecule has 2 aromatic rings. The van der Waals surface area contributed by atoms with Crippen molar-refractivity contribution in [1.82, 2.24) is 14.9 Å². The van der Waals surface area contributed by atoms with Crippen molar-refractivity contribution >= 4 is 28.1 Å². The summed E-state index contributed by atoms with van der Waals surface area (Å²) >= 11 is 8.70. The van der Waals surface area contributed by atoms with E-state index in [9.17, 15) is 0 Å². The van der Waals surface area contributed by atoms with E-state index in [1.807, 2.05) is 26.0 Å². The van der Waals surface area contributed by atoms with Crippen molar-refractivity contribution in [2.45, 2.75) is 20.4 Å². The molecule has 0 aliphatic heterocycles. The number of methoxy groups -OCH3 is 1. The summed E-state index contributed by atoms with van der Waals surface area (Å²) in [6.45, 7) is 4.96. The van der Waals surface area contributed by atoms with Gasteiger partial charge in [-0.25, -0.2) is 4.68 Å². The van der Waals surface area contributed by atoms with Crippen LogP contribution in [0, 0.1) is 11.7 Å². The number of rotatable bonds is 6. The molecule has 6 nitrogen and oxygen atoms in total. The van der Waals surface area contributed by atoms with E-state index < -0.39 is 0 Å². The van der Waals surface area contributed by atoms with Gasteiger partial charge >= 0.3 is 0 Å². The third kappa shape index (κ3) is 3.56. The molecule has 0 saturated heterocycles. The summed E-state index contributed by atoms with van der Waals surface area (Å²) in [7, 11) is 1.62. The van der Waals surface area contributed by atoms with E-state index in [0.29, 0.717) is 29.4 Å². The Morgan fingerprint density at radius 3 is 2.76 bits per heavy atom. The van der Waals surface area contributed by atoms with Crippen LogP contribution in [0.3, 0.4) is 0 Å². The maximum atomic E-state index is 5.54. The predicted octanol–water partition coefficient (Wildman–Crippen LogP) is 3.16. The molecule has 0 saturated carbocycles. The zero-order valence-corrected chi connectivity index (χ0v) is 14.5. The number of benzene rings is 1. The van der Waals surface area contributed by atoms with Crippen molar-refractivity contribution in [2.75, 3.05) is 19.1 Å². The molecule has 0 atom stereocenters. The van der Waals surface area contributed by atoms with Gasteiger partial charge in [-0.1, -0.05) is 15.9 Å². The highest BCUT2D eigenvalue weighted by Gasteiger charge is 2.10. The highest BCUT2D eigenvalue weighted by atomic mass is 79.9. The second kappa shape index (κ2) is 6.95. The number of hydrogen-bond donors (Lipinski definition) is 2. The molecule has 114 valence electrons. The molecule has 0 aliphatic rings. The van der Waals surface area contributed by atoms with Crippen molar-refractivity contribution in [2.24, 2.45) is 0 Å². The van der Waals surface area contributed by atoms with Crippen LogP contribution in [0.25, 0.3) is 0 Å². The van der Waals surface area contributed by atoms with Gasteiger partial charge in [-0.2, -0.15) is 5.10 Å². The van der Waals surface area contributed by atoms with Crippen LogP contribution in [-0.2, 0) is 6.54 Å². The van der Waals surface area contributed by atoms with Gasteiger partial charge in [-0.15, -0.1) is 0 Å². The van der Waals surface area contributed by atoms with E-state index in [1.165, 1.54) is 0 Å². The second-order valence-electron chi connectivity index (χ2n) is 4.27. The van der Waals surface area contributed by atoms with E-state index in [4.69, 9.17) is 21.7 Å². The third-order valence-corrected chi connectivity index (χ3v) is 3.91. The summed E-state index contributed by atoms with van der Waals surface area (Å²) < 4.78 is 14.1. The first-order chi connectivity index (χ1) is 10.1. The van der Waals surface area contributed by atoms with Gasteiger partial charge in [0, 0.05) is 4.47 Å². The Hall–Kier alpha value is -1.54. The van der Waals surface area contributed by atoms with Gasteiger partial charge in [-0.3, -0.25) is 5.10 Å². The summed E-state index contributed by atoms with van der Waals surface area (Å²) in [5.41, 5.74) is 4.24. The maximum absolute atomic E-state index is 5.54. The first-order valence-electron chi connectivity index (χ1n) is 6.44. The van der Waals surface area contributed by atoms with Crippen LogP contribution < -0.4 is 14.9 Å². The number of aromatic amines is 1. The number of aromatic nitrogens is 3. The van der Waals surface area contributed by atoms with Gasteiger partial charge in [0.05, 0.1) is 20.3 Å². The molecule has 1 aromatic heterocycles. The van der Waals surface area contributed by atoms with Crippen LogP contribution in [-0.4, -0.2) is 28.6 Å². The Morgan fingerprint density at radius 2 is 2.19 bits per heavy atom. The summed E-state index contributed by atoms with van der Waals surface area (Å²) in [6, 6.07) is 3.84. The number of H-pyrrole nitrogens is 1. The average Bonchev–Trinajstić information content (AvgIpc) is 2.78. The minimum Gasteiger partial charge on any atom is -0.493 e. The zero-order chi connectivity index (χ0) is 15.4. The van der Waals surface area contributed by atoms with Crippen LogP contribution >= 0.6 is 28.1 Å². The molecule has 0 unspecified atom stereocenters. The lowest BCUT2D eigenvalue weighted by molar-refractivity contribution is 0.310. The Bertz CT molecular complexity index is 683. The first kappa shape index (κ1) is 15.8. The molecule has 2 N–H and O–H groups in total. The van der Waals surface area contributed by atoms with Crippen molar-refractivity contribution < 1.29 is 9.47 Å². The van der Waals surface area contributed by atoms with Crippen LogP contribution in [0.2, 0.25) is 0 Å². The largest absolute Gasteiger partial charge is 0.493 e. The van der Waals surface area contributed by atoms with Crippen LogP contribution in [0.5, 0.6) is 11.5 Å². The molecule has 8 heteroatoms. The third-order valence-electron chi connectivity index (χ3n) is 2.90. The highest BCUT2D eigenvalue weighted by molar-refractivity contribution is 9.10. The SMILES string of the molecule is CCOc1cc(Br)c(CNn2c(C)n[nH]c2=S)cc1OC. The lowest BCUT2D eigenvalue weighted by atomic mass is 10.2. The standard InChI is InChI=1S/C13H17BrN4O2S/c1-4-20-12-6-10(14)9(5-11(12)19-3)7-15-18-8(2)16-17-13(18)21/h5-6,15H,4,7H2,1-3H3,(H,17,21). The molecule has 2 rings (SSSR count). The van der Waals surface area contributed by atoms with Crippen molar-refractivity contribution in [3.05, 3.63) is 32.8 Å². The van der Waals surface area contributed by atoms with Gasteiger partial charge in [0.1, 0.15) is 5.82 Å². The fourth-order valence-electron chi connectivity index (χ4n) is 1.87. The molecule has 0 radical (unpaired) electrons. The molecule has 21 heavy (non-hydrogen) atoms. The van der Waals surface area contributed by atoms with E-state index >= 15 is 0 Å². The molecule has 0 spiro atoms. The number of aryl methyl sites for hydroxylation is 1. The lowest BCUT2D eigenvalue weighted by Crippen LogP contribution is -2.16. The zero-order valence-electron chi connectivity index (χ0n) is 12.1. The molecule has 0 amide bonds. The maximum Gasteiger partial charge on any atom is 0.214 e. The summed E-state index contributed by atoms with van der Waals surface area (Å²) in [5, 5.41) is 6.78. The Kier molecular flexibility index (Phi) is 5.24. The number of hydrogen-bond acceptors (Lipinski definition) is 5. The van der Waals surface area contributed by atoms with Gasteiger partial charge in [0.15, 0.2) is 11.5 Å². The topological polar surface area (TPSA) is 64.1 Å². The number of nitrogens with zero attached hydrogens (tertiary/aromatic N) is 2. The van der Waals surface area contributed by atoms with Crippen molar-refractivity contribution in [3.63, 3.8) is 0 Å². The van der Waals surface area contributed by atoms with Crippen molar-refractivity contribution in [1.29, 1.82) is 0 Å². The molecule has 0 fully saturated rings. The van der Waals surface area contributed by atoms with Gasteiger partial charge in [0.2, 0.25) is 4.77 Å². The van der Waals surface area contributed by atoms with Gasteiger partial charge in [-0.05, 0) is 43.8 Å². The summed E-state index contributed by atoms with van der Waals surface area (Å²) in [6.07, 6.45) is 0. The lowest BCUT2D eigenvalue weighted by Gasteiger charge is -2.14. The van der Waals surface area contributed by atoms with E-state index in [2.05, 4.69) is 31.6 Å². The Balaban J connectivity index is 2.22. The molecule has 1 heterocycles. The smallest absolute Gasteiger partial charge is 0.214 e. The van der Waals surface area contributed by atoms with E-state index in [-0.39, 0.29) is 0 Å². The summed E-state index contributed by atoms with van der Waals surface area (Å²) in [5.74, 6) is 2.19. The normalized spacial score (nSPS) is 10.5. The average molecular weight is 373 g/mol. The molecular formula is C13H17BrN4O2S. The Labute approximate surface area is 136 Å². The fraction of sp³-hybridized carbons (Fsp3) is 0.385. The van der Waals surface area contributed by atoms with Crippen LogP contribution in [0.4, 0.5) is 0 Å². The van der Waals surface area contributed by atoms with E-state index in [0.717, 1.165) is 15.9 Å². The van der Waals surface area contributed by atoms with Gasteiger partial charge < -0.3 is 14.9 Å². The van der Waals surface area contributed by atoms with Gasteiger partial charge in [0.25, 0.3) is 0 Å². The van der Waals surface area contributed by atoms with Crippen molar-refractivity contribution in [3.8, 4) is 11.5 Å².